The van der Waals surface area contributed by atoms with Crippen molar-refractivity contribution in [2.45, 2.75) is 33.4 Å². The van der Waals surface area contributed by atoms with Gasteiger partial charge in [-0.1, -0.05) is 48.8 Å². The summed E-state index contributed by atoms with van der Waals surface area (Å²) in [4.78, 5) is 8.67. The summed E-state index contributed by atoms with van der Waals surface area (Å²) in [6.07, 6.45) is 3.44. The molecular formula is C23H24N4O2. The fourth-order valence-corrected chi connectivity index (χ4v) is 3.14. The van der Waals surface area contributed by atoms with Crippen molar-refractivity contribution in [1.82, 2.24) is 20.4 Å². The van der Waals surface area contributed by atoms with E-state index in [2.05, 4.69) is 65.5 Å². The SMILES string of the molecule is Cc1ccc(-c2ccc(CNC(c3nc(-c4cccnc4)no3)C(C)C)o2)cc1. The molecule has 1 N–H and O–H groups in total. The average molecular weight is 388 g/mol. The minimum absolute atomic E-state index is 0.0825. The first kappa shape index (κ1) is 19.1. The summed E-state index contributed by atoms with van der Waals surface area (Å²) >= 11 is 0. The average Bonchev–Trinajstić information content (AvgIpc) is 3.39. The molecule has 0 saturated heterocycles. The quantitative estimate of drug-likeness (QED) is 0.470. The summed E-state index contributed by atoms with van der Waals surface area (Å²) in [7, 11) is 0. The Bertz CT molecular complexity index is 1050. The minimum atomic E-state index is -0.0825. The smallest absolute Gasteiger partial charge is 0.244 e. The van der Waals surface area contributed by atoms with Crippen LogP contribution in [0.3, 0.4) is 0 Å². The van der Waals surface area contributed by atoms with Gasteiger partial charge >= 0.3 is 0 Å². The number of furan rings is 1. The molecule has 0 aliphatic heterocycles. The Morgan fingerprint density at radius 3 is 2.55 bits per heavy atom. The summed E-state index contributed by atoms with van der Waals surface area (Å²) in [5, 5.41) is 7.59. The van der Waals surface area contributed by atoms with Crippen LogP contribution in [0.4, 0.5) is 0 Å². The Morgan fingerprint density at radius 1 is 1.00 bits per heavy atom. The molecule has 6 heteroatoms. The minimum Gasteiger partial charge on any atom is -0.460 e. The van der Waals surface area contributed by atoms with Crippen LogP contribution in [0.15, 0.2) is 69.9 Å². The molecule has 0 radical (unpaired) electrons. The maximum absolute atomic E-state index is 6.01. The number of rotatable bonds is 7. The van der Waals surface area contributed by atoms with Crippen LogP contribution in [0.1, 0.15) is 37.1 Å². The molecule has 0 aliphatic carbocycles. The third kappa shape index (κ3) is 4.43. The second kappa shape index (κ2) is 8.41. The summed E-state index contributed by atoms with van der Waals surface area (Å²) in [6.45, 7) is 6.88. The van der Waals surface area contributed by atoms with Crippen LogP contribution < -0.4 is 5.32 Å². The van der Waals surface area contributed by atoms with E-state index in [-0.39, 0.29) is 12.0 Å². The second-order valence-corrected chi connectivity index (χ2v) is 7.43. The molecule has 3 aromatic heterocycles. The van der Waals surface area contributed by atoms with E-state index in [1.165, 1.54) is 5.56 Å². The van der Waals surface area contributed by atoms with Crippen molar-refractivity contribution in [3.05, 3.63) is 78.1 Å². The first-order valence-electron chi connectivity index (χ1n) is 9.73. The number of hydrogen-bond donors (Lipinski definition) is 1. The van der Waals surface area contributed by atoms with Gasteiger partial charge in [-0.2, -0.15) is 4.98 Å². The van der Waals surface area contributed by atoms with Crippen molar-refractivity contribution in [3.63, 3.8) is 0 Å². The highest BCUT2D eigenvalue weighted by Crippen LogP contribution is 2.26. The number of nitrogens with one attached hydrogen (secondary N) is 1. The number of aromatic nitrogens is 3. The van der Waals surface area contributed by atoms with E-state index in [0.717, 1.165) is 22.6 Å². The first-order chi connectivity index (χ1) is 14.1. The van der Waals surface area contributed by atoms with E-state index in [1.807, 2.05) is 24.3 Å². The molecule has 1 aromatic carbocycles. The molecule has 0 saturated carbocycles. The van der Waals surface area contributed by atoms with E-state index in [1.54, 1.807) is 12.4 Å². The molecule has 29 heavy (non-hydrogen) atoms. The van der Waals surface area contributed by atoms with Crippen LogP contribution in [0.5, 0.6) is 0 Å². The molecule has 1 unspecified atom stereocenters. The van der Waals surface area contributed by atoms with Gasteiger partial charge < -0.3 is 8.94 Å². The van der Waals surface area contributed by atoms with Crippen molar-refractivity contribution < 1.29 is 8.94 Å². The molecule has 148 valence electrons. The molecular weight excluding hydrogens is 364 g/mol. The number of aryl methyl sites for hydroxylation is 1. The van der Waals surface area contributed by atoms with Crippen LogP contribution in [-0.2, 0) is 6.54 Å². The monoisotopic (exact) mass is 388 g/mol. The topological polar surface area (TPSA) is 77.0 Å². The van der Waals surface area contributed by atoms with Gasteiger partial charge in [-0.3, -0.25) is 10.3 Å². The van der Waals surface area contributed by atoms with Gasteiger partial charge in [-0.05, 0) is 37.1 Å². The Kier molecular flexibility index (Phi) is 5.53. The molecule has 0 fully saturated rings. The zero-order valence-corrected chi connectivity index (χ0v) is 16.8. The largest absolute Gasteiger partial charge is 0.460 e. The summed E-state index contributed by atoms with van der Waals surface area (Å²) in [5.41, 5.74) is 3.13. The molecule has 0 spiro atoms. The molecule has 0 aliphatic rings. The van der Waals surface area contributed by atoms with E-state index in [4.69, 9.17) is 8.94 Å². The Morgan fingerprint density at radius 2 is 1.83 bits per heavy atom. The second-order valence-electron chi connectivity index (χ2n) is 7.43. The predicted octanol–water partition coefficient (Wildman–Crippen LogP) is 5.19. The summed E-state index contributed by atoms with van der Waals surface area (Å²) < 4.78 is 11.5. The third-order valence-electron chi connectivity index (χ3n) is 4.79. The van der Waals surface area contributed by atoms with Gasteiger partial charge in [-0.15, -0.1) is 0 Å². The van der Waals surface area contributed by atoms with Crippen molar-refractivity contribution in [1.29, 1.82) is 0 Å². The fraction of sp³-hybridized carbons (Fsp3) is 0.261. The maximum atomic E-state index is 6.01. The van der Waals surface area contributed by atoms with Gasteiger partial charge in [0.1, 0.15) is 11.5 Å². The van der Waals surface area contributed by atoms with Gasteiger partial charge in [-0.25, -0.2) is 0 Å². The van der Waals surface area contributed by atoms with Gasteiger partial charge in [0.05, 0.1) is 12.6 Å². The zero-order chi connectivity index (χ0) is 20.2. The molecule has 3 heterocycles. The highest BCUT2D eigenvalue weighted by atomic mass is 16.5. The van der Waals surface area contributed by atoms with Gasteiger partial charge in [0.15, 0.2) is 0 Å². The highest BCUT2D eigenvalue weighted by Gasteiger charge is 2.23. The summed E-state index contributed by atoms with van der Waals surface area (Å²) in [5.74, 6) is 3.09. The lowest BCUT2D eigenvalue weighted by molar-refractivity contribution is 0.282. The van der Waals surface area contributed by atoms with E-state index in [0.29, 0.717) is 18.3 Å². The third-order valence-corrected chi connectivity index (χ3v) is 4.79. The molecule has 1 atom stereocenters. The number of pyridine rings is 1. The lowest BCUT2D eigenvalue weighted by atomic mass is 10.0. The lowest BCUT2D eigenvalue weighted by Gasteiger charge is -2.17. The molecule has 4 rings (SSSR count). The lowest BCUT2D eigenvalue weighted by Crippen LogP contribution is -2.25. The molecule has 4 aromatic rings. The standard InChI is InChI=1S/C23H24N4O2/c1-15(2)21(23-26-22(27-29-23)18-5-4-12-24-13-18)25-14-19-10-11-20(28-19)17-8-6-16(3)7-9-17/h4-13,15,21,25H,14H2,1-3H3. The summed E-state index contributed by atoms with van der Waals surface area (Å²) in [6, 6.07) is 16.0. The van der Waals surface area contributed by atoms with Gasteiger partial charge in [0, 0.05) is 23.5 Å². The Labute approximate surface area is 170 Å². The molecule has 6 nitrogen and oxygen atoms in total. The van der Waals surface area contributed by atoms with Crippen LogP contribution in [0.2, 0.25) is 0 Å². The van der Waals surface area contributed by atoms with Crippen molar-refractivity contribution in [2.24, 2.45) is 5.92 Å². The van der Waals surface area contributed by atoms with Gasteiger partial charge in [0.2, 0.25) is 11.7 Å². The maximum Gasteiger partial charge on any atom is 0.244 e. The molecule has 0 amide bonds. The zero-order valence-electron chi connectivity index (χ0n) is 16.8. The number of nitrogens with zero attached hydrogens (tertiary/aromatic N) is 3. The van der Waals surface area contributed by atoms with Crippen LogP contribution in [0.25, 0.3) is 22.7 Å². The predicted molar refractivity (Wildman–Crippen MR) is 111 cm³/mol. The molecule has 0 bridgehead atoms. The van der Waals surface area contributed by atoms with Gasteiger partial charge in [0.25, 0.3) is 0 Å². The van der Waals surface area contributed by atoms with Crippen LogP contribution >= 0.6 is 0 Å². The highest BCUT2D eigenvalue weighted by molar-refractivity contribution is 5.57. The van der Waals surface area contributed by atoms with Crippen LogP contribution in [0, 0.1) is 12.8 Å². The number of benzene rings is 1. The van der Waals surface area contributed by atoms with Crippen LogP contribution in [-0.4, -0.2) is 15.1 Å². The Balaban J connectivity index is 1.46. The van der Waals surface area contributed by atoms with Crippen molar-refractivity contribution in [2.75, 3.05) is 0 Å². The van der Waals surface area contributed by atoms with E-state index >= 15 is 0 Å². The normalized spacial score (nSPS) is 12.4. The number of hydrogen-bond acceptors (Lipinski definition) is 6. The first-order valence-corrected chi connectivity index (χ1v) is 9.73. The van der Waals surface area contributed by atoms with E-state index in [9.17, 15) is 0 Å². The van der Waals surface area contributed by atoms with Crippen molar-refractivity contribution in [3.8, 4) is 22.7 Å². The van der Waals surface area contributed by atoms with Crippen molar-refractivity contribution >= 4 is 0 Å². The fourth-order valence-electron chi connectivity index (χ4n) is 3.14. The van der Waals surface area contributed by atoms with E-state index < -0.39 is 0 Å². The Hall–Kier alpha value is -3.25.